The lowest BCUT2D eigenvalue weighted by Crippen LogP contribution is -2.29. The first kappa shape index (κ1) is 13.5. The van der Waals surface area contributed by atoms with Gasteiger partial charge in [-0.25, -0.2) is 4.72 Å². The summed E-state index contributed by atoms with van der Waals surface area (Å²) in [6, 6.07) is 7.18. The molecule has 0 aliphatic carbocycles. The molecule has 7 nitrogen and oxygen atoms in total. The van der Waals surface area contributed by atoms with Gasteiger partial charge in [0.15, 0.2) is 0 Å². The van der Waals surface area contributed by atoms with Crippen LogP contribution in [0.1, 0.15) is 5.56 Å². The highest BCUT2D eigenvalue weighted by Gasteiger charge is 2.27. The van der Waals surface area contributed by atoms with Gasteiger partial charge in [0.1, 0.15) is 5.75 Å². The first-order valence-corrected chi connectivity index (χ1v) is 7.55. The fraction of sp³-hybridized carbons (Fsp3) is 0.154. The van der Waals surface area contributed by atoms with Crippen LogP contribution in [0.2, 0.25) is 0 Å². The van der Waals surface area contributed by atoms with Gasteiger partial charge in [0.2, 0.25) is 5.88 Å². The van der Waals surface area contributed by atoms with Crippen molar-refractivity contribution in [2.24, 2.45) is 0 Å². The predicted octanol–water partition coefficient (Wildman–Crippen LogP) is 1.25. The van der Waals surface area contributed by atoms with Crippen molar-refractivity contribution >= 4 is 21.1 Å². The summed E-state index contributed by atoms with van der Waals surface area (Å²) < 4.78 is 31.7. The number of aliphatic hydroxyl groups is 1. The number of nitrogens with one attached hydrogen (secondary N) is 1. The summed E-state index contributed by atoms with van der Waals surface area (Å²) in [6.45, 7) is 0.105. The Hall–Kier alpha value is -2.48. The highest BCUT2D eigenvalue weighted by Crippen LogP contribution is 2.25. The van der Waals surface area contributed by atoms with E-state index in [0.29, 0.717) is 11.3 Å². The Labute approximate surface area is 121 Å². The number of ether oxygens (including phenoxy) is 1. The van der Waals surface area contributed by atoms with Crippen molar-refractivity contribution in [3.05, 3.63) is 48.1 Å². The molecule has 3 rings (SSSR count). The van der Waals surface area contributed by atoms with Gasteiger partial charge in [-0.1, -0.05) is 6.07 Å². The van der Waals surface area contributed by atoms with Crippen LogP contribution in [0.5, 0.6) is 5.75 Å². The SMILES string of the molecule is COc1ccnc2cc(CN3C=C(O)NS3(=O)=O)ccc12. The Bertz CT molecular complexity index is 832. The van der Waals surface area contributed by atoms with Gasteiger partial charge in [-0.05, 0) is 23.8 Å². The second-order valence-electron chi connectivity index (χ2n) is 4.53. The van der Waals surface area contributed by atoms with E-state index in [2.05, 4.69) is 4.98 Å². The molecule has 0 saturated heterocycles. The van der Waals surface area contributed by atoms with Crippen molar-refractivity contribution in [1.29, 1.82) is 0 Å². The molecule has 2 heterocycles. The zero-order valence-electron chi connectivity index (χ0n) is 11.1. The lowest BCUT2D eigenvalue weighted by atomic mass is 10.1. The maximum absolute atomic E-state index is 11.7. The van der Waals surface area contributed by atoms with E-state index >= 15 is 0 Å². The molecule has 0 fully saturated rings. The van der Waals surface area contributed by atoms with E-state index in [9.17, 15) is 13.5 Å². The van der Waals surface area contributed by atoms with Gasteiger partial charge in [0.05, 0.1) is 25.4 Å². The van der Waals surface area contributed by atoms with E-state index in [4.69, 9.17) is 4.74 Å². The predicted molar refractivity (Wildman–Crippen MR) is 76.6 cm³/mol. The maximum atomic E-state index is 11.7. The van der Waals surface area contributed by atoms with Gasteiger partial charge >= 0.3 is 10.2 Å². The van der Waals surface area contributed by atoms with E-state index in [0.717, 1.165) is 21.5 Å². The average Bonchev–Trinajstić information content (AvgIpc) is 2.70. The monoisotopic (exact) mass is 307 g/mol. The fourth-order valence-electron chi connectivity index (χ4n) is 2.18. The van der Waals surface area contributed by atoms with E-state index in [1.807, 2.05) is 10.8 Å². The molecule has 2 aromatic rings. The lowest BCUT2D eigenvalue weighted by Gasteiger charge is -2.14. The van der Waals surface area contributed by atoms with E-state index in [-0.39, 0.29) is 6.54 Å². The molecule has 0 saturated carbocycles. The third-order valence-electron chi connectivity index (χ3n) is 3.13. The number of methoxy groups -OCH3 is 1. The van der Waals surface area contributed by atoms with Crippen LogP contribution in [0.25, 0.3) is 10.9 Å². The van der Waals surface area contributed by atoms with Crippen LogP contribution in [0.15, 0.2) is 42.5 Å². The van der Waals surface area contributed by atoms with Gasteiger partial charge in [-0.3, -0.25) is 9.29 Å². The molecule has 0 amide bonds. The quantitative estimate of drug-likeness (QED) is 0.890. The van der Waals surface area contributed by atoms with Crippen LogP contribution >= 0.6 is 0 Å². The minimum absolute atomic E-state index is 0.105. The first-order chi connectivity index (χ1) is 9.99. The second kappa shape index (κ2) is 4.81. The van der Waals surface area contributed by atoms with E-state index < -0.39 is 16.1 Å². The summed E-state index contributed by atoms with van der Waals surface area (Å²) in [5, 5.41) is 10.1. The molecule has 110 valence electrons. The summed E-state index contributed by atoms with van der Waals surface area (Å²) in [7, 11) is -2.12. The molecule has 0 bridgehead atoms. The van der Waals surface area contributed by atoms with Gasteiger partial charge in [0, 0.05) is 11.6 Å². The largest absolute Gasteiger partial charge is 0.496 e. The average molecular weight is 307 g/mol. The van der Waals surface area contributed by atoms with Crippen LogP contribution in [-0.2, 0) is 16.8 Å². The molecule has 1 aliphatic heterocycles. The summed E-state index contributed by atoms with van der Waals surface area (Å²) in [4.78, 5) is 4.25. The molecule has 1 aromatic heterocycles. The minimum Gasteiger partial charge on any atom is -0.496 e. The zero-order valence-corrected chi connectivity index (χ0v) is 12.0. The molecule has 21 heavy (non-hydrogen) atoms. The number of aromatic nitrogens is 1. The molecular formula is C13H13N3O4S. The summed E-state index contributed by atoms with van der Waals surface area (Å²) >= 11 is 0. The first-order valence-electron chi connectivity index (χ1n) is 6.11. The van der Waals surface area contributed by atoms with Crippen molar-refractivity contribution < 1.29 is 18.3 Å². The van der Waals surface area contributed by atoms with E-state index in [1.54, 1.807) is 31.5 Å². The number of fused-ring (bicyclic) bond motifs is 1. The van der Waals surface area contributed by atoms with Crippen molar-refractivity contribution in [3.8, 4) is 5.75 Å². The zero-order chi connectivity index (χ0) is 15.0. The number of rotatable bonds is 3. The van der Waals surface area contributed by atoms with Gasteiger partial charge in [-0.2, -0.15) is 8.42 Å². The fourth-order valence-corrected chi connectivity index (χ4v) is 3.17. The third kappa shape index (κ3) is 2.45. The Morgan fingerprint density at radius 3 is 2.86 bits per heavy atom. The Kier molecular flexibility index (Phi) is 3.09. The second-order valence-corrected chi connectivity index (χ2v) is 6.15. The van der Waals surface area contributed by atoms with Crippen molar-refractivity contribution in [2.75, 3.05) is 7.11 Å². The number of hydrogen-bond donors (Lipinski definition) is 2. The molecular weight excluding hydrogens is 294 g/mol. The molecule has 1 aromatic carbocycles. The topological polar surface area (TPSA) is 91.8 Å². The summed E-state index contributed by atoms with van der Waals surface area (Å²) in [5.74, 6) is 0.315. The van der Waals surface area contributed by atoms with Crippen LogP contribution in [0.4, 0.5) is 0 Å². The van der Waals surface area contributed by atoms with Gasteiger partial charge in [-0.15, -0.1) is 0 Å². The minimum atomic E-state index is -3.70. The Morgan fingerprint density at radius 2 is 2.19 bits per heavy atom. The van der Waals surface area contributed by atoms with Crippen LogP contribution in [-0.4, -0.2) is 29.9 Å². The van der Waals surface area contributed by atoms with E-state index in [1.165, 1.54) is 0 Å². The van der Waals surface area contributed by atoms with Crippen molar-refractivity contribution in [3.63, 3.8) is 0 Å². The molecule has 0 spiro atoms. The number of hydrogen-bond acceptors (Lipinski definition) is 5. The molecule has 0 unspecified atom stereocenters. The van der Waals surface area contributed by atoms with Crippen molar-refractivity contribution in [1.82, 2.24) is 14.0 Å². The Balaban J connectivity index is 1.96. The van der Waals surface area contributed by atoms with Crippen LogP contribution in [0, 0.1) is 0 Å². The van der Waals surface area contributed by atoms with Gasteiger partial charge < -0.3 is 9.84 Å². The highest BCUT2D eigenvalue weighted by molar-refractivity contribution is 7.87. The smallest absolute Gasteiger partial charge is 0.326 e. The number of benzene rings is 1. The van der Waals surface area contributed by atoms with Crippen molar-refractivity contribution in [2.45, 2.75) is 6.54 Å². The molecule has 0 atom stereocenters. The standard InChI is InChI=1S/C13H13N3O4S/c1-20-12-4-5-14-11-6-9(2-3-10(11)12)7-16-8-13(17)15-21(16,18)19/h2-6,8,15,17H,7H2,1H3. The number of nitrogens with zero attached hydrogens (tertiary/aromatic N) is 2. The van der Waals surface area contributed by atoms with Crippen LogP contribution < -0.4 is 9.46 Å². The maximum Gasteiger partial charge on any atom is 0.326 e. The molecule has 1 aliphatic rings. The number of pyridine rings is 1. The number of aliphatic hydroxyl groups excluding tert-OH is 1. The molecule has 2 N–H and O–H groups in total. The normalized spacial score (nSPS) is 16.6. The third-order valence-corrected chi connectivity index (χ3v) is 4.45. The Morgan fingerprint density at radius 1 is 1.38 bits per heavy atom. The summed E-state index contributed by atoms with van der Waals surface area (Å²) in [6.07, 6.45) is 2.77. The molecule has 0 radical (unpaired) electrons. The van der Waals surface area contributed by atoms with Crippen LogP contribution in [0.3, 0.4) is 0 Å². The summed E-state index contributed by atoms with van der Waals surface area (Å²) in [5.41, 5.74) is 1.46. The lowest BCUT2D eigenvalue weighted by molar-refractivity contribution is 0.390. The highest BCUT2D eigenvalue weighted by atomic mass is 32.2. The van der Waals surface area contributed by atoms with Gasteiger partial charge in [0.25, 0.3) is 0 Å². The molecule has 8 heteroatoms.